The Balaban J connectivity index is 1.99. The molecule has 0 saturated carbocycles. The Morgan fingerprint density at radius 1 is 1.13 bits per heavy atom. The first-order valence-corrected chi connectivity index (χ1v) is 5.44. The highest BCUT2D eigenvalue weighted by Gasteiger charge is 1.99. The van der Waals surface area contributed by atoms with Gasteiger partial charge in [-0.3, -0.25) is 0 Å². The van der Waals surface area contributed by atoms with Crippen LogP contribution in [0.2, 0.25) is 0 Å². The van der Waals surface area contributed by atoms with Crippen molar-refractivity contribution in [1.82, 2.24) is 15.0 Å². The van der Waals surface area contributed by atoms with E-state index in [9.17, 15) is 0 Å². The number of nitrogens with two attached hydrogens (primary N) is 1. The summed E-state index contributed by atoms with van der Waals surface area (Å²) in [4.78, 5) is 12.4. The van der Waals surface area contributed by atoms with Crippen molar-refractivity contribution in [1.29, 1.82) is 0 Å². The number of rotatable bonds is 3. The van der Waals surface area contributed by atoms with Crippen LogP contribution in [-0.2, 0) is 5.75 Å². The molecule has 0 spiro atoms. The lowest BCUT2D eigenvalue weighted by Gasteiger charge is -2.00. The molecule has 2 aromatic heterocycles. The molecular formula is C10H10N4S. The molecule has 0 aliphatic carbocycles. The predicted octanol–water partition coefficient (Wildman–Crippen LogP) is 1.75. The maximum absolute atomic E-state index is 5.58. The Kier molecular flexibility index (Phi) is 3.14. The predicted molar refractivity (Wildman–Crippen MR) is 60.2 cm³/mol. The van der Waals surface area contributed by atoms with Gasteiger partial charge >= 0.3 is 0 Å². The van der Waals surface area contributed by atoms with Gasteiger partial charge in [-0.1, -0.05) is 17.8 Å². The average Bonchev–Trinajstić information content (AvgIpc) is 2.28. The summed E-state index contributed by atoms with van der Waals surface area (Å²) >= 11 is 1.54. The van der Waals surface area contributed by atoms with E-state index in [0.29, 0.717) is 5.82 Å². The van der Waals surface area contributed by atoms with Gasteiger partial charge in [0.15, 0.2) is 5.16 Å². The summed E-state index contributed by atoms with van der Waals surface area (Å²) in [5, 5.41) is 0.752. The first kappa shape index (κ1) is 9.92. The van der Waals surface area contributed by atoms with Gasteiger partial charge in [-0.2, -0.15) is 0 Å². The fraction of sp³-hybridized carbons (Fsp3) is 0.100. The van der Waals surface area contributed by atoms with Crippen molar-refractivity contribution in [2.45, 2.75) is 10.9 Å². The largest absolute Gasteiger partial charge is 0.384 e. The smallest absolute Gasteiger partial charge is 0.187 e. The second-order valence-corrected chi connectivity index (χ2v) is 3.82. The maximum Gasteiger partial charge on any atom is 0.187 e. The van der Waals surface area contributed by atoms with E-state index in [1.807, 2.05) is 12.1 Å². The molecule has 0 amide bonds. The normalized spacial score (nSPS) is 10.1. The molecule has 2 aromatic rings. The highest BCUT2D eigenvalue weighted by molar-refractivity contribution is 7.98. The van der Waals surface area contributed by atoms with Crippen molar-refractivity contribution in [3.63, 3.8) is 0 Å². The Labute approximate surface area is 92.0 Å². The number of thioether (sulfide) groups is 1. The van der Waals surface area contributed by atoms with Gasteiger partial charge < -0.3 is 5.73 Å². The average molecular weight is 218 g/mol. The van der Waals surface area contributed by atoms with Gasteiger partial charge in [0.05, 0.1) is 5.69 Å². The first-order chi connectivity index (χ1) is 7.34. The van der Waals surface area contributed by atoms with E-state index in [1.54, 1.807) is 36.3 Å². The molecule has 0 saturated heterocycles. The summed E-state index contributed by atoms with van der Waals surface area (Å²) in [7, 11) is 0. The van der Waals surface area contributed by atoms with E-state index in [0.717, 1.165) is 16.6 Å². The van der Waals surface area contributed by atoms with Crippen LogP contribution in [0.4, 0.5) is 5.82 Å². The molecule has 2 heterocycles. The summed E-state index contributed by atoms with van der Waals surface area (Å²) in [5.74, 6) is 1.27. The summed E-state index contributed by atoms with van der Waals surface area (Å²) in [6, 6.07) is 7.40. The minimum atomic E-state index is 0.544. The van der Waals surface area contributed by atoms with Gasteiger partial charge in [0.25, 0.3) is 0 Å². The van der Waals surface area contributed by atoms with Crippen LogP contribution >= 0.6 is 11.8 Å². The van der Waals surface area contributed by atoms with E-state index >= 15 is 0 Å². The monoisotopic (exact) mass is 218 g/mol. The van der Waals surface area contributed by atoms with Crippen molar-refractivity contribution in [3.8, 4) is 0 Å². The number of nitrogens with zero attached hydrogens (tertiary/aromatic N) is 3. The fourth-order valence-corrected chi connectivity index (χ4v) is 1.79. The second kappa shape index (κ2) is 4.75. The molecule has 2 N–H and O–H groups in total. The van der Waals surface area contributed by atoms with Gasteiger partial charge in [-0.05, 0) is 18.2 Å². The van der Waals surface area contributed by atoms with E-state index in [1.165, 1.54) is 0 Å². The highest BCUT2D eigenvalue weighted by atomic mass is 32.2. The Morgan fingerprint density at radius 3 is 2.67 bits per heavy atom. The minimum absolute atomic E-state index is 0.544. The summed E-state index contributed by atoms with van der Waals surface area (Å²) in [6.45, 7) is 0. The summed E-state index contributed by atoms with van der Waals surface area (Å²) in [6.07, 6.45) is 3.45. The lowest BCUT2D eigenvalue weighted by atomic mass is 10.4. The van der Waals surface area contributed by atoms with Gasteiger partial charge in [0, 0.05) is 18.1 Å². The fourth-order valence-electron chi connectivity index (χ4n) is 1.08. The lowest BCUT2D eigenvalue weighted by molar-refractivity contribution is 0.965. The first-order valence-electron chi connectivity index (χ1n) is 4.46. The van der Waals surface area contributed by atoms with Crippen LogP contribution in [0.5, 0.6) is 0 Å². The van der Waals surface area contributed by atoms with E-state index in [4.69, 9.17) is 5.73 Å². The zero-order chi connectivity index (χ0) is 10.5. The minimum Gasteiger partial charge on any atom is -0.384 e. The third-order valence-electron chi connectivity index (χ3n) is 1.72. The lowest BCUT2D eigenvalue weighted by Crippen LogP contribution is -1.94. The standard InChI is InChI=1S/C10H10N4S/c11-9-4-1-3-8(14-9)7-15-10-12-5-2-6-13-10/h1-6H,7H2,(H2,11,14). The van der Waals surface area contributed by atoms with Crippen molar-refractivity contribution in [3.05, 3.63) is 42.4 Å². The summed E-state index contributed by atoms with van der Waals surface area (Å²) < 4.78 is 0. The Morgan fingerprint density at radius 2 is 1.93 bits per heavy atom. The second-order valence-electron chi connectivity index (χ2n) is 2.87. The molecule has 2 rings (SSSR count). The zero-order valence-corrected chi connectivity index (χ0v) is 8.81. The van der Waals surface area contributed by atoms with Crippen LogP contribution < -0.4 is 5.73 Å². The zero-order valence-electron chi connectivity index (χ0n) is 8.00. The molecule has 76 valence electrons. The van der Waals surface area contributed by atoms with Crippen LogP contribution in [0.3, 0.4) is 0 Å². The topological polar surface area (TPSA) is 64.7 Å². The van der Waals surface area contributed by atoms with Crippen molar-refractivity contribution in [2.75, 3.05) is 5.73 Å². The van der Waals surface area contributed by atoms with E-state index in [-0.39, 0.29) is 0 Å². The molecule has 0 bridgehead atoms. The van der Waals surface area contributed by atoms with Gasteiger partial charge in [-0.15, -0.1) is 0 Å². The third kappa shape index (κ3) is 2.92. The molecule has 4 nitrogen and oxygen atoms in total. The van der Waals surface area contributed by atoms with Crippen LogP contribution in [-0.4, -0.2) is 15.0 Å². The number of aromatic nitrogens is 3. The molecule has 0 fully saturated rings. The van der Waals surface area contributed by atoms with E-state index < -0.39 is 0 Å². The van der Waals surface area contributed by atoms with E-state index in [2.05, 4.69) is 15.0 Å². The van der Waals surface area contributed by atoms with Crippen LogP contribution in [0.1, 0.15) is 5.69 Å². The SMILES string of the molecule is Nc1cccc(CSc2ncccn2)n1. The number of pyridine rings is 1. The Hall–Kier alpha value is -1.62. The molecule has 0 aliphatic heterocycles. The van der Waals surface area contributed by atoms with Gasteiger partial charge in [0.2, 0.25) is 0 Å². The van der Waals surface area contributed by atoms with Gasteiger partial charge in [0.1, 0.15) is 5.82 Å². The quantitative estimate of drug-likeness (QED) is 0.628. The number of nitrogen functional groups attached to an aromatic ring is 1. The van der Waals surface area contributed by atoms with Gasteiger partial charge in [-0.25, -0.2) is 15.0 Å². The highest BCUT2D eigenvalue weighted by Crippen LogP contribution is 2.17. The van der Waals surface area contributed by atoms with Crippen molar-refractivity contribution in [2.24, 2.45) is 0 Å². The molecule has 0 radical (unpaired) electrons. The third-order valence-corrected chi connectivity index (χ3v) is 2.63. The van der Waals surface area contributed by atoms with Crippen LogP contribution in [0.25, 0.3) is 0 Å². The molecule has 5 heteroatoms. The summed E-state index contributed by atoms with van der Waals surface area (Å²) in [5.41, 5.74) is 6.51. The van der Waals surface area contributed by atoms with Crippen molar-refractivity contribution >= 4 is 17.6 Å². The molecule has 0 aromatic carbocycles. The number of hydrogen-bond acceptors (Lipinski definition) is 5. The van der Waals surface area contributed by atoms with Crippen molar-refractivity contribution < 1.29 is 0 Å². The number of hydrogen-bond donors (Lipinski definition) is 1. The van der Waals surface area contributed by atoms with Crippen LogP contribution in [0.15, 0.2) is 41.8 Å². The maximum atomic E-state index is 5.58. The molecule has 0 aliphatic rings. The molecular weight excluding hydrogens is 208 g/mol. The molecule has 0 unspecified atom stereocenters. The molecule has 0 atom stereocenters. The number of anilines is 1. The molecule has 15 heavy (non-hydrogen) atoms. The Bertz CT molecular complexity index is 432. The van der Waals surface area contributed by atoms with Crippen LogP contribution in [0, 0.1) is 0 Å².